The van der Waals surface area contributed by atoms with Gasteiger partial charge in [0.1, 0.15) is 5.75 Å². The van der Waals surface area contributed by atoms with Gasteiger partial charge in [-0.1, -0.05) is 23.4 Å². The van der Waals surface area contributed by atoms with Gasteiger partial charge in [-0.3, -0.25) is 9.78 Å². The number of aryl methyl sites for hydroxylation is 1. The average molecular weight is 418 g/mol. The number of nitrogens with zero attached hydrogens (tertiary/aromatic N) is 4. The summed E-state index contributed by atoms with van der Waals surface area (Å²) in [5, 5.41) is 4.15. The zero-order valence-corrected chi connectivity index (χ0v) is 17.6. The molecule has 2 bridgehead atoms. The van der Waals surface area contributed by atoms with E-state index in [1.165, 1.54) is 0 Å². The predicted octanol–water partition coefficient (Wildman–Crippen LogP) is 4.01. The van der Waals surface area contributed by atoms with Crippen molar-refractivity contribution in [1.29, 1.82) is 0 Å². The zero-order valence-electron chi connectivity index (χ0n) is 17.6. The van der Waals surface area contributed by atoms with Crippen molar-refractivity contribution in [2.75, 3.05) is 7.11 Å². The molecule has 1 unspecified atom stereocenters. The summed E-state index contributed by atoms with van der Waals surface area (Å²) < 4.78 is 11.0. The summed E-state index contributed by atoms with van der Waals surface area (Å²) in [4.78, 5) is 24.0. The predicted molar refractivity (Wildman–Crippen MR) is 114 cm³/mol. The van der Waals surface area contributed by atoms with Crippen LogP contribution in [-0.4, -0.2) is 45.1 Å². The number of piperidine rings is 1. The molecule has 3 aromatic rings. The number of fused-ring (bicyclic) bond motifs is 2. The summed E-state index contributed by atoms with van der Waals surface area (Å²) in [5.74, 6) is 2.53. The van der Waals surface area contributed by atoms with E-state index in [1.54, 1.807) is 19.5 Å². The first-order valence-electron chi connectivity index (χ1n) is 10.9. The third-order valence-electron chi connectivity index (χ3n) is 6.53. The molecule has 2 saturated heterocycles. The molecular weight excluding hydrogens is 392 g/mol. The van der Waals surface area contributed by atoms with Gasteiger partial charge >= 0.3 is 0 Å². The van der Waals surface area contributed by atoms with Gasteiger partial charge < -0.3 is 14.2 Å². The number of hydrogen-bond acceptors (Lipinski definition) is 6. The molecule has 2 aliphatic rings. The topological polar surface area (TPSA) is 81.4 Å². The maximum Gasteiger partial charge on any atom is 0.230 e. The van der Waals surface area contributed by atoms with E-state index in [9.17, 15) is 4.79 Å². The molecule has 1 amide bonds. The first-order valence-corrected chi connectivity index (χ1v) is 10.9. The van der Waals surface area contributed by atoms with E-state index in [-0.39, 0.29) is 23.9 Å². The maximum atomic E-state index is 13.1. The Morgan fingerprint density at radius 1 is 1.16 bits per heavy atom. The maximum absolute atomic E-state index is 13.1. The molecule has 160 valence electrons. The number of pyridine rings is 1. The van der Waals surface area contributed by atoms with Crippen molar-refractivity contribution in [3.05, 3.63) is 60.2 Å². The monoisotopic (exact) mass is 418 g/mol. The van der Waals surface area contributed by atoms with Crippen LogP contribution in [0.25, 0.3) is 11.4 Å². The Bertz CT molecular complexity index is 1040. The minimum absolute atomic E-state index is 0.202. The van der Waals surface area contributed by atoms with Gasteiger partial charge in [0.15, 0.2) is 0 Å². The van der Waals surface area contributed by atoms with Gasteiger partial charge in [-0.25, -0.2) is 0 Å². The number of rotatable bonds is 6. The van der Waals surface area contributed by atoms with Gasteiger partial charge in [0, 0.05) is 42.4 Å². The summed E-state index contributed by atoms with van der Waals surface area (Å²) in [6.45, 7) is 0. The summed E-state index contributed by atoms with van der Waals surface area (Å²) in [5.41, 5.74) is 1.93. The van der Waals surface area contributed by atoms with Crippen LogP contribution in [0, 0.1) is 0 Å². The smallest absolute Gasteiger partial charge is 0.230 e. The van der Waals surface area contributed by atoms with Crippen molar-refractivity contribution in [2.45, 2.75) is 56.5 Å². The van der Waals surface area contributed by atoms with Crippen molar-refractivity contribution >= 4 is 5.91 Å². The number of para-hydroxylation sites is 1. The fourth-order valence-corrected chi connectivity index (χ4v) is 5.08. The van der Waals surface area contributed by atoms with Gasteiger partial charge in [0.2, 0.25) is 17.6 Å². The van der Waals surface area contributed by atoms with Crippen LogP contribution in [0.1, 0.15) is 49.5 Å². The third kappa shape index (κ3) is 3.92. The Morgan fingerprint density at radius 3 is 2.71 bits per heavy atom. The number of aromatic nitrogens is 3. The lowest BCUT2D eigenvalue weighted by molar-refractivity contribution is -0.135. The molecule has 31 heavy (non-hydrogen) atoms. The Balaban J connectivity index is 1.24. The molecule has 7 nitrogen and oxygen atoms in total. The lowest BCUT2D eigenvalue weighted by atomic mass is 9.90. The van der Waals surface area contributed by atoms with E-state index in [2.05, 4.69) is 20.0 Å². The van der Waals surface area contributed by atoms with Gasteiger partial charge in [0.05, 0.1) is 7.11 Å². The SMILES string of the molecule is COc1ccccc1CCC(=O)N1[C@@H]2CC[C@H]1CC(c1nc(-c3cccnc3)no1)C2. The van der Waals surface area contributed by atoms with Crippen LogP contribution in [0.15, 0.2) is 53.3 Å². The minimum atomic E-state index is 0.202. The summed E-state index contributed by atoms with van der Waals surface area (Å²) >= 11 is 0. The molecule has 4 heterocycles. The van der Waals surface area contributed by atoms with Crippen LogP contribution < -0.4 is 4.74 Å². The summed E-state index contributed by atoms with van der Waals surface area (Å²) in [6, 6.07) is 12.2. The van der Waals surface area contributed by atoms with Crippen molar-refractivity contribution in [2.24, 2.45) is 0 Å². The second kappa shape index (κ2) is 8.49. The molecule has 2 aliphatic heterocycles. The number of amides is 1. The van der Waals surface area contributed by atoms with E-state index in [0.29, 0.717) is 24.6 Å². The van der Waals surface area contributed by atoms with Crippen LogP contribution in [0.5, 0.6) is 5.75 Å². The molecule has 0 spiro atoms. The molecule has 1 aromatic carbocycles. The Morgan fingerprint density at radius 2 is 1.97 bits per heavy atom. The van der Waals surface area contributed by atoms with Crippen LogP contribution in [0.3, 0.4) is 0 Å². The van der Waals surface area contributed by atoms with E-state index >= 15 is 0 Å². The quantitative estimate of drug-likeness (QED) is 0.602. The van der Waals surface area contributed by atoms with Gasteiger partial charge in [-0.05, 0) is 55.9 Å². The minimum Gasteiger partial charge on any atom is -0.496 e. The molecule has 0 N–H and O–H groups in total. The average Bonchev–Trinajstić information content (AvgIpc) is 3.41. The largest absolute Gasteiger partial charge is 0.496 e. The normalized spacial score (nSPS) is 22.5. The highest BCUT2D eigenvalue weighted by Crippen LogP contribution is 2.43. The number of hydrogen-bond donors (Lipinski definition) is 0. The fourth-order valence-electron chi connectivity index (χ4n) is 5.08. The van der Waals surface area contributed by atoms with Crippen molar-refractivity contribution < 1.29 is 14.1 Å². The third-order valence-corrected chi connectivity index (χ3v) is 6.53. The highest BCUT2D eigenvalue weighted by molar-refractivity contribution is 5.78. The summed E-state index contributed by atoms with van der Waals surface area (Å²) in [6.07, 6.45) is 8.52. The molecule has 7 heteroatoms. The van der Waals surface area contributed by atoms with Gasteiger partial charge in [0.25, 0.3) is 0 Å². The zero-order chi connectivity index (χ0) is 21.2. The van der Waals surface area contributed by atoms with Crippen molar-refractivity contribution in [3.63, 3.8) is 0 Å². The van der Waals surface area contributed by atoms with Crippen molar-refractivity contribution in [3.8, 4) is 17.1 Å². The Labute approximate surface area is 181 Å². The number of ether oxygens (including phenoxy) is 1. The van der Waals surface area contributed by atoms with Crippen LogP contribution in [-0.2, 0) is 11.2 Å². The van der Waals surface area contributed by atoms with E-state index in [0.717, 1.165) is 42.6 Å². The second-order valence-corrected chi connectivity index (χ2v) is 8.36. The van der Waals surface area contributed by atoms with Crippen LogP contribution in [0.2, 0.25) is 0 Å². The van der Waals surface area contributed by atoms with Gasteiger partial charge in [-0.15, -0.1) is 0 Å². The Hall–Kier alpha value is -3.22. The molecule has 0 aliphatic carbocycles. The molecule has 2 aromatic heterocycles. The first kappa shape index (κ1) is 19.7. The van der Waals surface area contributed by atoms with Crippen LogP contribution in [0.4, 0.5) is 0 Å². The second-order valence-electron chi connectivity index (χ2n) is 8.36. The fraction of sp³-hybridized carbons (Fsp3) is 0.417. The first-order chi connectivity index (χ1) is 15.2. The molecule has 5 rings (SSSR count). The number of carbonyl (C=O) groups is 1. The number of carbonyl (C=O) groups excluding carboxylic acids is 1. The number of benzene rings is 1. The highest BCUT2D eigenvalue weighted by Gasteiger charge is 2.44. The van der Waals surface area contributed by atoms with E-state index < -0.39 is 0 Å². The molecule has 2 fully saturated rings. The highest BCUT2D eigenvalue weighted by atomic mass is 16.5. The lowest BCUT2D eigenvalue weighted by Crippen LogP contribution is -2.46. The van der Waals surface area contributed by atoms with E-state index in [1.807, 2.05) is 36.4 Å². The van der Waals surface area contributed by atoms with Crippen molar-refractivity contribution in [1.82, 2.24) is 20.0 Å². The van der Waals surface area contributed by atoms with E-state index in [4.69, 9.17) is 9.26 Å². The van der Waals surface area contributed by atoms with Gasteiger partial charge in [-0.2, -0.15) is 4.98 Å². The molecule has 0 saturated carbocycles. The summed E-state index contributed by atoms with van der Waals surface area (Å²) in [7, 11) is 1.67. The molecule has 3 atom stereocenters. The number of methoxy groups -OCH3 is 1. The Kier molecular flexibility index (Phi) is 5.40. The standard InChI is InChI=1S/C24H26N4O3/c1-30-21-7-3-2-5-16(21)8-11-22(29)28-19-9-10-20(28)14-18(13-19)24-26-23(27-31-24)17-6-4-12-25-15-17/h2-7,12,15,18-20H,8-11,13-14H2,1H3/t18?,19-,20+. The lowest BCUT2D eigenvalue weighted by Gasteiger charge is -2.38. The molecular formula is C24H26N4O3. The van der Waals surface area contributed by atoms with Crippen LogP contribution >= 0.6 is 0 Å². The molecule has 0 radical (unpaired) electrons.